The Labute approximate surface area is 98.7 Å². The summed E-state index contributed by atoms with van der Waals surface area (Å²) < 4.78 is 11.9. The zero-order valence-electron chi connectivity index (χ0n) is 8.50. The molecule has 0 N–H and O–H groups in total. The zero-order valence-corrected chi connectivity index (χ0v) is 10.7. The van der Waals surface area contributed by atoms with Gasteiger partial charge in [-0.3, -0.25) is 0 Å². The summed E-state index contributed by atoms with van der Waals surface area (Å²) in [6.45, 7) is 2.74. The molecule has 0 radical (unpaired) electrons. The fourth-order valence-electron chi connectivity index (χ4n) is 1.35. The second-order valence-electron chi connectivity index (χ2n) is 2.84. The van der Waals surface area contributed by atoms with Crippen LogP contribution in [0.5, 0.6) is 5.75 Å². The Morgan fingerprint density at radius 1 is 1.36 bits per heavy atom. The van der Waals surface area contributed by atoms with Crippen LogP contribution in [0.2, 0.25) is 0 Å². The number of rotatable bonds is 5. The Bertz CT molecular complexity index is 276. The second-order valence-corrected chi connectivity index (χ2v) is 3.72. The van der Waals surface area contributed by atoms with Crippen LogP contribution in [0.1, 0.15) is 18.6 Å². The first-order valence-corrected chi connectivity index (χ1v) is 6.16. The van der Waals surface area contributed by atoms with Gasteiger partial charge in [0.1, 0.15) is 5.75 Å². The molecule has 0 aliphatic rings. The Morgan fingerprint density at radius 3 is 2.64 bits per heavy atom. The number of benzene rings is 1. The molecule has 0 fully saturated rings. The zero-order chi connectivity index (χ0) is 10.4. The largest absolute Gasteiger partial charge is 0.496 e. The summed E-state index contributed by atoms with van der Waals surface area (Å²) in [5.74, 6) is 0.905. The number of hydrogen-bond donors (Lipinski definition) is 0. The summed E-state index contributed by atoms with van der Waals surface area (Å²) in [5.41, 5.74) is 1.13. The average Bonchev–Trinajstić information content (AvgIpc) is 2.26. The molecule has 78 valence electrons. The molecule has 0 amide bonds. The predicted octanol–water partition coefficient (Wildman–Crippen LogP) is 3.21. The van der Waals surface area contributed by atoms with Crippen LogP contribution >= 0.6 is 22.6 Å². The van der Waals surface area contributed by atoms with Crippen LogP contribution in [-0.2, 0) is 4.74 Å². The van der Waals surface area contributed by atoms with E-state index in [4.69, 9.17) is 9.47 Å². The van der Waals surface area contributed by atoms with Gasteiger partial charge in [0.25, 0.3) is 0 Å². The third kappa shape index (κ3) is 2.85. The van der Waals surface area contributed by atoms with Gasteiger partial charge in [0.2, 0.25) is 0 Å². The first-order valence-electron chi connectivity index (χ1n) is 4.64. The van der Waals surface area contributed by atoms with Crippen molar-refractivity contribution in [3.05, 3.63) is 29.8 Å². The van der Waals surface area contributed by atoms with Crippen molar-refractivity contribution in [3.8, 4) is 5.75 Å². The highest BCUT2D eigenvalue weighted by Gasteiger charge is 2.13. The van der Waals surface area contributed by atoms with Crippen molar-refractivity contribution < 1.29 is 9.47 Å². The number of ether oxygens (including phenoxy) is 2. The van der Waals surface area contributed by atoms with Crippen LogP contribution in [0.4, 0.5) is 0 Å². The van der Waals surface area contributed by atoms with Crippen molar-refractivity contribution in [1.82, 2.24) is 0 Å². The minimum absolute atomic E-state index is 0.136. The van der Waals surface area contributed by atoms with Crippen LogP contribution < -0.4 is 4.74 Å². The van der Waals surface area contributed by atoms with E-state index in [9.17, 15) is 0 Å². The molecule has 0 aliphatic carbocycles. The normalized spacial score (nSPS) is 12.5. The van der Waals surface area contributed by atoms with E-state index in [0.717, 1.165) is 22.3 Å². The first-order chi connectivity index (χ1) is 6.83. The molecule has 14 heavy (non-hydrogen) atoms. The van der Waals surface area contributed by atoms with Crippen molar-refractivity contribution in [2.75, 3.05) is 18.1 Å². The minimum atomic E-state index is 0.136. The van der Waals surface area contributed by atoms with E-state index >= 15 is 0 Å². The summed E-state index contributed by atoms with van der Waals surface area (Å²) in [6, 6.07) is 8.00. The van der Waals surface area contributed by atoms with Crippen molar-refractivity contribution in [2.24, 2.45) is 0 Å². The molecule has 0 saturated heterocycles. The number of methoxy groups -OCH3 is 1. The molecule has 0 aromatic heterocycles. The fraction of sp³-hybridized carbons (Fsp3) is 0.455. The van der Waals surface area contributed by atoms with Gasteiger partial charge in [0.15, 0.2) is 0 Å². The summed E-state index contributed by atoms with van der Waals surface area (Å²) in [7, 11) is 1.69. The van der Waals surface area contributed by atoms with Gasteiger partial charge in [-0.1, -0.05) is 40.8 Å². The highest BCUT2D eigenvalue weighted by molar-refractivity contribution is 14.1. The van der Waals surface area contributed by atoms with Gasteiger partial charge >= 0.3 is 0 Å². The van der Waals surface area contributed by atoms with Crippen molar-refractivity contribution in [2.45, 2.75) is 13.0 Å². The molecule has 2 nitrogen and oxygen atoms in total. The maximum absolute atomic E-state index is 5.63. The van der Waals surface area contributed by atoms with Gasteiger partial charge in [0, 0.05) is 16.6 Å². The number of para-hydroxylation sites is 1. The molecule has 3 heteroatoms. The lowest BCUT2D eigenvalue weighted by atomic mass is 10.1. The molecule has 1 rings (SSSR count). The maximum atomic E-state index is 5.63. The van der Waals surface area contributed by atoms with Gasteiger partial charge in [-0.2, -0.15) is 0 Å². The van der Waals surface area contributed by atoms with E-state index in [1.54, 1.807) is 7.11 Å². The molecule has 1 unspecified atom stereocenters. The van der Waals surface area contributed by atoms with E-state index in [0.29, 0.717) is 0 Å². The van der Waals surface area contributed by atoms with Crippen molar-refractivity contribution in [3.63, 3.8) is 0 Å². The van der Waals surface area contributed by atoms with Gasteiger partial charge in [-0.15, -0.1) is 0 Å². The molecule has 1 atom stereocenters. The van der Waals surface area contributed by atoms with E-state index in [1.807, 2.05) is 25.1 Å². The van der Waals surface area contributed by atoms with Crippen molar-refractivity contribution in [1.29, 1.82) is 0 Å². The molecule has 0 aliphatic heterocycles. The van der Waals surface area contributed by atoms with Crippen LogP contribution in [0, 0.1) is 0 Å². The Hall–Kier alpha value is -0.290. The third-order valence-electron chi connectivity index (χ3n) is 1.99. The monoisotopic (exact) mass is 306 g/mol. The average molecular weight is 306 g/mol. The molecule has 0 spiro atoms. The van der Waals surface area contributed by atoms with Crippen molar-refractivity contribution >= 4 is 22.6 Å². The first kappa shape index (κ1) is 11.8. The van der Waals surface area contributed by atoms with Crippen LogP contribution in [0.3, 0.4) is 0 Å². The number of halogens is 1. The SMILES string of the molecule is CCOC(CI)c1ccccc1OC. The Balaban J connectivity index is 2.90. The van der Waals surface area contributed by atoms with Gasteiger partial charge in [-0.25, -0.2) is 0 Å². The van der Waals surface area contributed by atoms with E-state index < -0.39 is 0 Å². The van der Waals surface area contributed by atoms with Crippen LogP contribution in [0.25, 0.3) is 0 Å². The molecule has 0 saturated carbocycles. The van der Waals surface area contributed by atoms with E-state index in [2.05, 4.69) is 28.7 Å². The fourth-order valence-corrected chi connectivity index (χ4v) is 2.08. The minimum Gasteiger partial charge on any atom is -0.496 e. The Morgan fingerprint density at radius 2 is 2.07 bits per heavy atom. The molecule has 1 aromatic carbocycles. The lowest BCUT2D eigenvalue weighted by Gasteiger charge is -2.17. The van der Waals surface area contributed by atoms with E-state index in [-0.39, 0.29) is 6.10 Å². The van der Waals surface area contributed by atoms with Crippen LogP contribution in [-0.4, -0.2) is 18.1 Å². The van der Waals surface area contributed by atoms with Gasteiger partial charge < -0.3 is 9.47 Å². The molecular formula is C11H15IO2. The lowest BCUT2D eigenvalue weighted by Crippen LogP contribution is -2.07. The molecule has 0 bridgehead atoms. The number of alkyl halides is 1. The highest BCUT2D eigenvalue weighted by Crippen LogP contribution is 2.28. The molecule has 1 aromatic rings. The molecule has 0 heterocycles. The second kappa shape index (κ2) is 6.24. The predicted molar refractivity (Wildman–Crippen MR) is 66.2 cm³/mol. The highest BCUT2D eigenvalue weighted by atomic mass is 127. The lowest BCUT2D eigenvalue weighted by molar-refractivity contribution is 0.0799. The van der Waals surface area contributed by atoms with E-state index in [1.165, 1.54) is 0 Å². The topological polar surface area (TPSA) is 18.5 Å². The smallest absolute Gasteiger partial charge is 0.124 e. The summed E-state index contributed by atoms with van der Waals surface area (Å²) >= 11 is 2.33. The quantitative estimate of drug-likeness (QED) is 0.614. The van der Waals surface area contributed by atoms with Crippen LogP contribution in [0.15, 0.2) is 24.3 Å². The Kier molecular flexibility index (Phi) is 5.25. The summed E-state index contributed by atoms with van der Waals surface area (Å²) in [5, 5.41) is 0. The number of hydrogen-bond acceptors (Lipinski definition) is 2. The van der Waals surface area contributed by atoms with Gasteiger partial charge in [0.05, 0.1) is 13.2 Å². The third-order valence-corrected chi connectivity index (χ3v) is 2.79. The summed E-state index contributed by atoms with van der Waals surface area (Å²) in [4.78, 5) is 0. The molecular weight excluding hydrogens is 291 g/mol. The maximum Gasteiger partial charge on any atom is 0.124 e. The summed E-state index contributed by atoms with van der Waals surface area (Å²) in [6.07, 6.45) is 0.136. The van der Waals surface area contributed by atoms with Gasteiger partial charge in [-0.05, 0) is 13.0 Å². The standard InChI is InChI=1S/C11H15IO2/c1-3-14-11(8-12)9-6-4-5-7-10(9)13-2/h4-7,11H,3,8H2,1-2H3.